The average molecular weight is 284 g/mol. The van der Waals surface area contributed by atoms with E-state index in [-0.39, 0.29) is 18.2 Å². The number of likely N-dealkylation sites (tertiary alicyclic amines) is 1. The zero-order chi connectivity index (χ0) is 14.8. The lowest BCUT2D eigenvalue weighted by Crippen LogP contribution is -2.40. The first-order valence-electron chi connectivity index (χ1n) is 7.36. The molecule has 4 nitrogen and oxygen atoms in total. The molecule has 1 heterocycles. The van der Waals surface area contributed by atoms with Gasteiger partial charge in [0.05, 0.1) is 12.1 Å². The van der Waals surface area contributed by atoms with Crippen molar-refractivity contribution < 1.29 is 9.90 Å². The molecule has 4 heteroatoms. The highest BCUT2D eigenvalue weighted by atomic mass is 16.3. The van der Waals surface area contributed by atoms with Crippen LogP contribution in [0.5, 0.6) is 0 Å². The Balaban J connectivity index is 1.78. The van der Waals surface area contributed by atoms with Crippen LogP contribution in [0.4, 0.5) is 4.79 Å². The third kappa shape index (κ3) is 2.85. The molecule has 3 rings (SSSR count). The van der Waals surface area contributed by atoms with Gasteiger partial charge in [0.15, 0.2) is 0 Å². The van der Waals surface area contributed by atoms with Crippen LogP contribution in [0, 0.1) is 0 Å². The van der Waals surface area contributed by atoms with Gasteiger partial charge in [0.1, 0.15) is 0 Å². The molecule has 1 saturated heterocycles. The number of carbonyl (C=O) groups is 1. The Morgan fingerprint density at radius 2 is 2.05 bits per heavy atom. The second-order valence-electron chi connectivity index (χ2n) is 5.63. The molecule has 1 fully saturated rings. The lowest BCUT2D eigenvalue weighted by atomic mass is 10.00. The minimum Gasteiger partial charge on any atom is -0.391 e. The van der Waals surface area contributed by atoms with Crippen LogP contribution in [0.2, 0.25) is 0 Å². The summed E-state index contributed by atoms with van der Waals surface area (Å²) in [5.41, 5.74) is 1.11. The van der Waals surface area contributed by atoms with Crippen LogP contribution in [-0.4, -0.2) is 35.2 Å². The summed E-state index contributed by atoms with van der Waals surface area (Å²) in [7, 11) is 0. The minimum atomic E-state index is -0.386. The lowest BCUT2D eigenvalue weighted by molar-refractivity contribution is 0.170. The first-order chi connectivity index (χ1) is 10.1. The Hall–Kier alpha value is -2.07. The molecule has 0 spiro atoms. The molecule has 0 unspecified atom stereocenters. The number of carbonyl (C=O) groups excluding carboxylic acids is 1. The van der Waals surface area contributed by atoms with Gasteiger partial charge < -0.3 is 15.3 Å². The van der Waals surface area contributed by atoms with E-state index >= 15 is 0 Å². The number of amides is 2. The number of hydrogen-bond donors (Lipinski definition) is 2. The molecule has 0 bridgehead atoms. The third-order valence-corrected chi connectivity index (χ3v) is 4.08. The smallest absolute Gasteiger partial charge is 0.317 e. The number of nitrogens with zero attached hydrogens (tertiary/aromatic N) is 1. The maximum absolute atomic E-state index is 12.2. The standard InChI is InChI=1S/C17H20N2O2/c1-12(18-17(21)19-10-9-14(20)11-19)15-8-4-6-13-5-2-3-7-16(13)15/h2-8,12,14,20H,9-11H2,1H3,(H,18,21)/t12-,14-/m1/s1. The van der Waals surface area contributed by atoms with E-state index in [4.69, 9.17) is 0 Å². The molecule has 1 aliphatic rings. The van der Waals surface area contributed by atoms with Crippen LogP contribution in [0.15, 0.2) is 42.5 Å². The number of aliphatic hydroxyl groups excluding tert-OH is 1. The molecular weight excluding hydrogens is 264 g/mol. The average Bonchev–Trinajstić information content (AvgIpc) is 2.93. The summed E-state index contributed by atoms with van der Waals surface area (Å²) in [6.07, 6.45) is 0.277. The number of urea groups is 1. The molecule has 2 amide bonds. The van der Waals surface area contributed by atoms with E-state index < -0.39 is 0 Å². The molecule has 1 aliphatic heterocycles. The van der Waals surface area contributed by atoms with Crippen molar-refractivity contribution >= 4 is 16.8 Å². The predicted molar refractivity (Wildman–Crippen MR) is 83.1 cm³/mol. The number of benzene rings is 2. The molecule has 2 aromatic rings. The Bertz CT molecular complexity index is 651. The molecule has 0 saturated carbocycles. The van der Waals surface area contributed by atoms with Crippen molar-refractivity contribution in [3.63, 3.8) is 0 Å². The molecule has 21 heavy (non-hydrogen) atoms. The molecule has 0 radical (unpaired) electrons. The molecule has 2 N–H and O–H groups in total. The Kier molecular flexibility index (Phi) is 3.80. The topological polar surface area (TPSA) is 52.6 Å². The van der Waals surface area contributed by atoms with E-state index in [1.807, 2.05) is 31.2 Å². The number of aliphatic hydroxyl groups is 1. The highest BCUT2D eigenvalue weighted by Crippen LogP contribution is 2.24. The van der Waals surface area contributed by atoms with E-state index in [2.05, 4.69) is 23.5 Å². The van der Waals surface area contributed by atoms with Crippen LogP contribution in [-0.2, 0) is 0 Å². The van der Waals surface area contributed by atoms with Crippen molar-refractivity contribution in [1.29, 1.82) is 0 Å². The molecular formula is C17H20N2O2. The summed E-state index contributed by atoms with van der Waals surface area (Å²) >= 11 is 0. The summed E-state index contributed by atoms with van der Waals surface area (Å²) < 4.78 is 0. The molecule has 110 valence electrons. The fourth-order valence-corrected chi connectivity index (χ4v) is 2.91. The van der Waals surface area contributed by atoms with Gasteiger partial charge in [-0.1, -0.05) is 42.5 Å². The second-order valence-corrected chi connectivity index (χ2v) is 5.63. The number of rotatable bonds is 2. The van der Waals surface area contributed by atoms with Crippen molar-refractivity contribution in [2.24, 2.45) is 0 Å². The van der Waals surface area contributed by atoms with Crippen LogP contribution < -0.4 is 5.32 Å². The Morgan fingerprint density at radius 3 is 2.81 bits per heavy atom. The first-order valence-corrected chi connectivity index (χ1v) is 7.36. The van der Waals surface area contributed by atoms with Gasteiger partial charge in [-0.15, -0.1) is 0 Å². The number of nitrogens with one attached hydrogen (secondary N) is 1. The lowest BCUT2D eigenvalue weighted by Gasteiger charge is -2.21. The molecule has 0 aromatic heterocycles. The fourth-order valence-electron chi connectivity index (χ4n) is 2.91. The molecule has 0 aliphatic carbocycles. The van der Waals surface area contributed by atoms with Gasteiger partial charge >= 0.3 is 6.03 Å². The molecule has 2 atom stereocenters. The van der Waals surface area contributed by atoms with Crippen molar-refractivity contribution in [2.45, 2.75) is 25.5 Å². The maximum Gasteiger partial charge on any atom is 0.317 e. The molecule has 2 aromatic carbocycles. The van der Waals surface area contributed by atoms with Crippen LogP contribution in [0.1, 0.15) is 24.9 Å². The van der Waals surface area contributed by atoms with Crippen LogP contribution in [0.25, 0.3) is 10.8 Å². The number of β-amino-alcohol motifs (C(OH)–C–C–N with tert-alkyl or cyclic N) is 1. The fraction of sp³-hybridized carbons (Fsp3) is 0.353. The van der Waals surface area contributed by atoms with E-state index in [1.54, 1.807) is 4.90 Å². The third-order valence-electron chi connectivity index (χ3n) is 4.08. The first kappa shape index (κ1) is 13.9. The van der Waals surface area contributed by atoms with E-state index in [1.165, 1.54) is 5.39 Å². The highest BCUT2D eigenvalue weighted by molar-refractivity contribution is 5.86. The SMILES string of the molecule is C[C@@H](NC(=O)N1CC[C@@H](O)C1)c1cccc2ccccc12. The maximum atomic E-state index is 12.2. The van der Waals surface area contributed by atoms with Crippen LogP contribution >= 0.6 is 0 Å². The minimum absolute atomic E-state index is 0.0682. The summed E-state index contributed by atoms with van der Waals surface area (Å²) in [5.74, 6) is 0. The van der Waals surface area contributed by atoms with Gasteiger partial charge in [-0.05, 0) is 29.7 Å². The van der Waals surface area contributed by atoms with Crippen LogP contribution in [0.3, 0.4) is 0 Å². The van der Waals surface area contributed by atoms with Crippen molar-refractivity contribution in [3.05, 3.63) is 48.0 Å². The normalized spacial score (nSPS) is 19.7. The van der Waals surface area contributed by atoms with Gasteiger partial charge in [-0.2, -0.15) is 0 Å². The van der Waals surface area contributed by atoms with E-state index in [9.17, 15) is 9.90 Å². The largest absolute Gasteiger partial charge is 0.391 e. The summed E-state index contributed by atoms with van der Waals surface area (Å²) in [4.78, 5) is 13.9. The summed E-state index contributed by atoms with van der Waals surface area (Å²) in [5, 5.41) is 14.9. The predicted octanol–water partition coefficient (Wildman–Crippen LogP) is 2.68. The summed E-state index contributed by atoms with van der Waals surface area (Å²) in [6.45, 7) is 3.04. The van der Waals surface area contributed by atoms with Crippen molar-refractivity contribution in [2.75, 3.05) is 13.1 Å². The van der Waals surface area contributed by atoms with Gasteiger partial charge in [0, 0.05) is 13.1 Å². The number of fused-ring (bicyclic) bond motifs is 1. The Labute approximate surface area is 124 Å². The Morgan fingerprint density at radius 1 is 1.29 bits per heavy atom. The van der Waals surface area contributed by atoms with Gasteiger partial charge in [-0.3, -0.25) is 0 Å². The van der Waals surface area contributed by atoms with Gasteiger partial charge in [0.2, 0.25) is 0 Å². The highest BCUT2D eigenvalue weighted by Gasteiger charge is 2.25. The monoisotopic (exact) mass is 284 g/mol. The quantitative estimate of drug-likeness (QED) is 0.891. The number of hydrogen-bond acceptors (Lipinski definition) is 2. The second kappa shape index (κ2) is 5.74. The van der Waals surface area contributed by atoms with E-state index in [0.717, 1.165) is 10.9 Å². The summed E-state index contributed by atoms with van der Waals surface area (Å²) in [6, 6.07) is 14.1. The zero-order valence-electron chi connectivity index (χ0n) is 12.1. The van der Waals surface area contributed by atoms with Crippen molar-refractivity contribution in [1.82, 2.24) is 10.2 Å². The van der Waals surface area contributed by atoms with E-state index in [0.29, 0.717) is 19.5 Å². The van der Waals surface area contributed by atoms with Gasteiger partial charge in [0.25, 0.3) is 0 Å². The zero-order valence-corrected chi connectivity index (χ0v) is 12.1. The van der Waals surface area contributed by atoms with Gasteiger partial charge in [-0.25, -0.2) is 4.79 Å². The van der Waals surface area contributed by atoms with Crippen molar-refractivity contribution in [3.8, 4) is 0 Å².